The lowest BCUT2D eigenvalue weighted by Crippen LogP contribution is -2.41. The number of carbonyl (C=O) groups is 2. The van der Waals surface area contributed by atoms with E-state index in [2.05, 4.69) is 10.6 Å². The highest BCUT2D eigenvalue weighted by atomic mass is 16.7. The molecular weight excluding hydrogens is 372 g/mol. The molecular formula is C22H20N2O5. The number of aliphatic hydroxyl groups is 1. The normalized spacial score (nSPS) is 13.1. The minimum atomic E-state index is -0.924. The Morgan fingerprint density at radius 3 is 2.59 bits per heavy atom. The second-order valence-electron chi connectivity index (χ2n) is 6.66. The predicted octanol–water partition coefficient (Wildman–Crippen LogP) is 2.03. The molecule has 1 atom stereocenters. The van der Waals surface area contributed by atoms with Crippen LogP contribution in [-0.4, -0.2) is 30.3 Å². The van der Waals surface area contributed by atoms with Crippen LogP contribution in [0.25, 0.3) is 10.8 Å². The summed E-state index contributed by atoms with van der Waals surface area (Å²) in [6.45, 7) is 0.283. The Morgan fingerprint density at radius 2 is 1.69 bits per heavy atom. The second-order valence-corrected chi connectivity index (χ2v) is 6.66. The van der Waals surface area contributed by atoms with Gasteiger partial charge >= 0.3 is 11.8 Å². The molecule has 1 heterocycles. The molecule has 0 spiro atoms. The van der Waals surface area contributed by atoms with Crippen molar-refractivity contribution < 1.29 is 24.2 Å². The predicted molar refractivity (Wildman–Crippen MR) is 106 cm³/mol. The molecule has 0 bridgehead atoms. The van der Waals surface area contributed by atoms with E-state index in [9.17, 15) is 14.7 Å². The zero-order chi connectivity index (χ0) is 20.2. The molecule has 0 aromatic heterocycles. The quantitative estimate of drug-likeness (QED) is 0.578. The highest BCUT2D eigenvalue weighted by Gasteiger charge is 2.18. The van der Waals surface area contributed by atoms with E-state index in [4.69, 9.17) is 9.47 Å². The van der Waals surface area contributed by atoms with Gasteiger partial charge in [0.1, 0.15) is 0 Å². The van der Waals surface area contributed by atoms with Crippen molar-refractivity contribution >= 4 is 22.6 Å². The van der Waals surface area contributed by atoms with Crippen molar-refractivity contribution in [3.63, 3.8) is 0 Å². The van der Waals surface area contributed by atoms with Crippen LogP contribution >= 0.6 is 0 Å². The maximum Gasteiger partial charge on any atom is 0.309 e. The van der Waals surface area contributed by atoms with E-state index < -0.39 is 17.9 Å². The zero-order valence-corrected chi connectivity index (χ0v) is 15.6. The summed E-state index contributed by atoms with van der Waals surface area (Å²) in [6, 6.07) is 18.6. The molecule has 7 heteroatoms. The van der Waals surface area contributed by atoms with E-state index in [1.54, 1.807) is 24.3 Å². The fraction of sp³-hybridized carbons (Fsp3) is 0.182. The smallest absolute Gasteiger partial charge is 0.309 e. The zero-order valence-electron chi connectivity index (χ0n) is 15.6. The van der Waals surface area contributed by atoms with Crippen LogP contribution in [0.4, 0.5) is 0 Å². The lowest BCUT2D eigenvalue weighted by molar-refractivity contribution is -0.139. The monoisotopic (exact) mass is 392 g/mol. The van der Waals surface area contributed by atoms with Crippen LogP contribution in [0, 0.1) is 0 Å². The summed E-state index contributed by atoms with van der Waals surface area (Å²) >= 11 is 0. The lowest BCUT2D eigenvalue weighted by atomic mass is 10.0. The van der Waals surface area contributed by atoms with Crippen molar-refractivity contribution in [1.29, 1.82) is 0 Å². The second kappa shape index (κ2) is 8.20. The molecule has 148 valence electrons. The summed E-state index contributed by atoms with van der Waals surface area (Å²) in [6.07, 6.45) is -0.924. The standard InChI is InChI=1S/C22H20N2O5/c25-18(17-7-3-5-15-4-1-2-6-16(15)17)12-24-22(27)21(26)23-11-14-8-9-19-20(10-14)29-13-28-19/h1-10,18,25H,11-13H2,(H,23,26)(H,24,27). The first-order valence-corrected chi connectivity index (χ1v) is 9.22. The van der Waals surface area contributed by atoms with Crippen LogP contribution in [0.3, 0.4) is 0 Å². The van der Waals surface area contributed by atoms with Crippen molar-refractivity contribution in [2.24, 2.45) is 0 Å². The van der Waals surface area contributed by atoms with Gasteiger partial charge in [-0.15, -0.1) is 0 Å². The number of amides is 2. The van der Waals surface area contributed by atoms with Gasteiger partial charge < -0.3 is 25.2 Å². The van der Waals surface area contributed by atoms with Crippen LogP contribution in [0.15, 0.2) is 60.7 Å². The Balaban J connectivity index is 1.31. The Hall–Kier alpha value is -3.58. The summed E-state index contributed by atoms with van der Waals surface area (Å²) in [7, 11) is 0. The van der Waals surface area contributed by atoms with Crippen LogP contribution in [0.5, 0.6) is 11.5 Å². The first-order chi connectivity index (χ1) is 14.1. The Labute approximate surface area is 167 Å². The lowest BCUT2D eigenvalue weighted by Gasteiger charge is -2.14. The number of ether oxygens (including phenoxy) is 2. The fourth-order valence-electron chi connectivity index (χ4n) is 3.23. The van der Waals surface area contributed by atoms with Crippen LogP contribution in [0.2, 0.25) is 0 Å². The van der Waals surface area contributed by atoms with Gasteiger partial charge in [0.2, 0.25) is 6.79 Å². The maximum atomic E-state index is 12.1. The summed E-state index contributed by atoms with van der Waals surface area (Å²) < 4.78 is 10.5. The van der Waals surface area contributed by atoms with Gasteiger partial charge in [-0.05, 0) is 34.0 Å². The van der Waals surface area contributed by atoms with Gasteiger partial charge in [-0.25, -0.2) is 0 Å². The number of fused-ring (bicyclic) bond motifs is 2. The molecule has 7 nitrogen and oxygen atoms in total. The van der Waals surface area contributed by atoms with Gasteiger partial charge in [-0.2, -0.15) is 0 Å². The Morgan fingerprint density at radius 1 is 0.931 bits per heavy atom. The molecule has 1 aliphatic heterocycles. The third-order valence-electron chi connectivity index (χ3n) is 4.73. The van der Waals surface area contributed by atoms with Crippen molar-refractivity contribution in [1.82, 2.24) is 10.6 Å². The summed E-state index contributed by atoms with van der Waals surface area (Å²) in [5.74, 6) is -0.308. The molecule has 0 aliphatic carbocycles. The van der Waals surface area contributed by atoms with Gasteiger partial charge in [0.15, 0.2) is 11.5 Å². The van der Waals surface area contributed by atoms with Gasteiger partial charge in [-0.3, -0.25) is 9.59 Å². The number of carbonyl (C=O) groups excluding carboxylic acids is 2. The molecule has 1 aliphatic rings. The number of benzene rings is 3. The molecule has 3 aromatic rings. The number of rotatable bonds is 5. The molecule has 4 rings (SSSR count). The average Bonchev–Trinajstić information content (AvgIpc) is 3.23. The largest absolute Gasteiger partial charge is 0.454 e. The van der Waals surface area contributed by atoms with E-state index in [1.165, 1.54) is 0 Å². The van der Waals surface area contributed by atoms with Gasteiger partial charge in [0, 0.05) is 13.1 Å². The fourth-order valence-corrected chi connectivity index (χ4v) is 3.23. The van der Waals surface area contributed by atoms with E-state index in [-0.39, 0.29) is 19.9 Å². The molecule has 3 aromatic carbocycles. The minimum Gasteiger partial charge on any atom is -0.454 e. The summed E-state index contributed by atoms with van der Waals surface area (Å²) in [5.41, 5.74) is 1.48. The topological polar surface area (TPSA) is 96.9 Å². The molecule has 3 N–H and O–H groups in total. The highest BCUT2D eigenvalue weighted by Crippen LogP contribution is 2.32. The van der Waals surface area contributed by atoms with Gasteiger partial charge in [0.25, 0.3) is 0 Å². The highest BCUT2D eigenvalue weighted by molar-refractivity contribution is 6.35. The Kier molecular flexibility index (Phi) is 5.31. The molecule has 2 amide bonds. The van der Waals surface area contributed by atoms with E-state index in [0.29, 0.717) is 17.1 Å². The van der Waals surface area contributed by atoms with E-state index >= 15 is 0 Å². The third kappa shape index (κ3) is 4.14. The van der Waals surface area contributed by atoms with Crippen LogP contribution in [0.1, 0.15) is 17.2 Å². The van der Waals surface area contributed by atoms with Crippen molar-refractivity contribution in [3.8, 4) is 11.5 Å². The van der Waals surface area contributed by atoms with Crippen LogP contribution < -0.4 is 20.1 Å². The molecule has 0 fully saturated rings. The third-order valence-corrected chi connectivity index (χ3v) is 4.73. The summed E-state index contributed by atoms with van der Waals surface area (Å²) in [4.78, 5) is 24.1. The average molecular weight is 392 g/mol. The molecule has 0 radical (unpaired) electrons. The number of hydrogen-bond donors (Lipinski definition) is 3. The molecule has 0 saturated carbocycles. The van der Waals surface area contributed by atoms with E-state index in [0.717, 1.165) is 16.3 Å². The number of nitrogens with one attached hydrogen (secondary N) is 2. The minimum absolute atomic E-state index is 0.0652. The number of aliphatic hydroxyl groups excluding tert-OH is 1. The Bertz CT molecular complexity index is 1060. The molecule has 1 unspecified atom stereocenters. The SMILES string of the molecule is O=C(NCc1ccc2c(c1)OCO2)C(=O)NCC(O)c1cccc2ccccc12. The van der Waals surface area contributed by atoms with E-state index in [1.807, 2.05) is 36.4 Å². The summed E-state index contributed by atoms with van der Waals surface area (Å²) in [5, 5.41) is 17.4. The first-order valence-electron chi connectivity index (χ1n) is 9.22. The van der Waals surface area contributed by atoms with Crippen molar-refractivity contribution in [2.45, 2.75) is 12.6 Å². The van der Waals surface area contributed by atoms with Crippen LogP contribution in [-0.2, 0) is 16.1 Å². The first kappa shape index (κ1) is 18.8. The van der Waals surface area contributed by atoms with Crippen molar-refractivity contribution in [3.05, 3.63) is 71.8 Å². The molecule has 29 heavy (non-hydrogen) atoms. The maximum absolute atomic E-state index is 12.1. The van der Waals surface area contributed by atoms with Gasteiger partial charge in [-0.1, -0.05) is 48.5 Å². The number of hydrogen-bond acceptors (Lipinski definition) is 5. The van der Waals surface area contributed by atoms with Gasteiger partial charge in [0.05, 0.1) is 6.10 Å². The molecule has 0 saturated heterocycles. The van der Waals surface area contributed by atoms with Crippen molar-refractivity contribution in [2.75, 3.05) is 13.3 Å².